The number of anilines is 2. The van der Waals surface area contributed by atoms with Crippen molar-refractivity contribution < 1.29 is 4.79 Å². The highest BCUT2D eigenvalue weighted by Crippen LogP contribution is 2.13. The molecule has 1 aliphatic rings. The summed E-state index contributed by atoms with van der Waals surface area (Å²) in [6.45, 7) is 1.66. The summed E-state index contributed by atoms with van der Waals surface area (Å²) in [6, 6.07) is 16.7. The van der Waals surface area contributed by atoms with Gasteiger partial charge in [-0.25, -0.2) is 4.79 Å². The molecule has 0 unspecified atom stereocenters. The maximum Gasteiger partial charge on any atom is 0.323 e. The minimum Gasteiger partial charge on any atom is -0.368 e. The Hall–Kier alpha value is -2.82. The first kappa shape index (κ1) is 13.2. The SMILES string of the molecule is O=C(Nc1ccccc1)Nc1cccc(C2=NCCN2)c1. The molecule has 0 saturated carbocycles. The van der Waals surface area contributed by atoms with E-state index in [9.17, 15) is 4.79 Å². The molecular weight excluding hydrogens is 264 g/mol. The van der Waals surface area contributed by atoms with Crippen molar-refractivity contribution in [1.29, 1.82) is 0 Å². The van der Waals surface area contributed by atoms with Gasteiger partial charge < -0.3 is 16.0 Å². The van der Waals surface area contributed by atoms with Crippen LogP contribution in [0.2, 0.25) is 0 Å². The lowest BCUT2D eigenvalue weighted by Gasteiger charge is -2.09. The summed E-state index contributed by atoms with van der Waals surface area (Å²) in [6.07, 6.45) is 0. The van der Waals surface area contributed by atoms with Crippen molar-refractivity contribution in [3.8, 4) is 0 Å². The molecule has 0 spiro atoms. The van der Waals surface area contributed by atoms with Gasteiger partial charge in [0.1, 0.15) is 5.84 Å². The number of amides is 2. The standard InChI is InChI=1S/C16H16N4O/c21-16(19-13-6-2-1-3-7-13)20-14-8-4-5-12(11-14)15-17-9-10-18-15/h1-8,11H,9-10H2,(H,17,18)(H2,19,20,21). The molecule has 21 heavy (non-hydrogen) atoms. The minimum atomic E-state index is -0.264. The molecule has 0 aromatic heterocycles. The van der Waals surface area contributed by atoms with Gasteiger partial charge in [0, 0.05) is 23.5 Å². The van der Waals surface area contributed by atoms with E-state index in [4.69, 9.17) is 0 Å². The van der Waals surface area contributed by atoms with Gasteiger partial charge in [-0.2, -0.15) is 0 Å². The fraction of sp³-hybridized carbons (Fsp3) is 0.125. The molecule has 1 aliphatic heterocycles. The molecule has 1 heterocycles. The van der Waals surface area contributed by atoms with Crippen LogP contribution >= 0.6 is 0 Å². The lowest BCUT2D eigenvalue weighted by molar-refractivity contribution is 0.262. The third-order valence-electron chi connectivity index (χ3n) is 3.10. The Morgan fingerprint density at radius 1 is 1.00 bits per heavy atom. The Balaban J connectivity index is 1.67. The molecule has 0 saturated heterocycles. The highest BCUT2D eigenvalue weighted by molar-refractivity contribution is 6.03. The van der Waals surface area contributed by atoms with Crippen molar-refractivity contribution >= 4 is 23.2 Å². The number of hydrogen-bond acceptors (Lipinski definition) is 3. The van der Waals surface area contributed by atoms with Crippen LogP contribution in [-0.4, -0.2) is 25.0 Å². The normalized spacial score (nSPS) is 13.2. The summed E-state index contributed by atoms with van der Waals surface area (Å²) < 4.78 is 0. The van der Waals surface area contributed by atoms with E-state index in [2.05, 4.69) is 20.9 Å². The van der Waals surface area contributed by atoms with Gasteiger partial charge >= 0.3 is 6.03 Å². The zero-order valence-electron chi connectivity index (χ0n) is 11.5. The number of aliphatic imine (C=N–C) groups is 1. The van der Waals surface area contributed by atoms with Crippen LogP contribution in [0.1, 0.15) is 5.56 Å². The Kier molecular flexibility index (Phi) is 3.82. The molecule has 0 atom stereocenters. The van der Waals surface area contributed by atoms with Gasteiger partial charge in [-0.3, -0.25) is 4.99 Å². The minimum absolute atomic E-state index is 0.264. The monoisotopic (exact) mass is 280 g/mol. The van der Waals surface area contributed by atoms with Crippen LogP contribution in [0.3, 0.4) is 0 Å². The Bertz CT molecular complexity index is 667. The second-order valence-electron chi connectivity index (χ2n) is 4.68. The van der Waals surface area contributed by atoms with Gasteiger partial charge in [0.05, 0.1) is 6.54 Å². The number of para-hydroxylation sites is 1. The summed E-state index contributed by atoms with van der Waals surface area (Å²) in [5, 5.41) is 8.82. The second kappa shape index (κ2) is 6.09. The Morgan fingerprint density at radius 3 is 2.52 bits per heavy atom. The highest BCUT2D eigenvalue weighted by Gasteiger charge is 2.09. The number of rotatable bonds is 3. The molecule has 5 nitrogen and oxygen atoms in total. The van der Waals surface area contributed by atoms with Crippen LogP contribution in [0.15, 0.2) is 59.6 Å². The van der Waals surface area contributed by atoms with E-state index >= 15 is 0 Å². The van der Waals surface area contributed by atoms with Gasteiger partial charge in [0.15, 0.2) is 0 Å². The lowest BCUT2D eigenvalue weighted by atomic mass is 10.2. The summed E-state index contributed by atoms with van der Waals surface area (Å²) in [4.78, 5) is 16.3. The molecule has 0 bridgehead atoms. The smallest absolute Gasteiger partial charge is 0.323 e. The van der Waals surface area contributed by atoms with Gasteiger partial charge in [-0.15, -0.1) is 0 Å². The van der Waals surface area contributed by atoms with Crippen LogP contribution in [-0.2, 0) is 0 Å². The summed E-state index contributed by atoms with van der Waals surface area (Å²) in [5.74, 6) is 0.877. The van der Waals surface area contributed by atoms with Gasteiger partial charge in [0.25, 0.3) is 0 Å². The zero-order valence-corrected chi connectivity index (χ0v) is 11.5. The number of hydrogen-bond donors (Lipinski definition) is 3. The maximum atomic E-state index is 11.9. The number of urea groups is 1. The van der Waals surface area contributed by atoms with Crippen LogP contribution in [0.4, 0.5) is 16.2 Å². The van der Waals surface area contributed by atoms with E-state index in [0.717, 1.165) is 35.9 Å². The van der Waals surface area contributed by atoms with Crippen LogP contribution in [0.25, 0.3) is 0 Å². The molecule has 0 fully saturated rings. The molecule has 5 heteroatoms. The molecule has 0 aliphatic carbocycles. The van der Waals surface area contributed by atoms with E-state index in [1.165, 1.54) is 0 Å². The summed E-state index contributed by atoms with van der Waals surface area (Å²) >= 11 is 0. The quantitative estimate of drug-likeness (QED) is 0.809. The predicted octanol–water partition coefficient (Wildman–Crippen LogP) is 2.68. The Morgan fingerprint density at radius 2 is 1.76 bits per heavy atom. The largest absolute Gasteiger partial charge is 0.368 e. The first-order chi connectivity index (χ1) is 10.3. The third kappa shape index (κ3) is 3.39. The fourth-order valence-corrected chi connectivity index (χ4v) is 2.15. The number of nitrogens with one attached hydrogen (secondary N) is 3. The molecule has 0 radical (unpaired) electrons. The molecule has 2 amide bonds. The first-order valence-corrected chi connectivity index (χ1v) is 6.83. The average molecular weight is 280 g/mol. The van der Waals surface area contributed by atoms with E-state index < -0.39 is 0 Å². The molecule has 2 aromatic carbocycles. The molecule has 3 N–H and O–H groups in total. The van der Waals surface area contributed by atoms with Crippen molar-refractivity contribution in [3.05, 3.63) is 60.2 Å². The predicted molar refractivity (Wildman–Crippen MR) is 84.9 cm³/mol. The van der Waals surface area contributed by atoms with Crippen molar-refractivity contribution in [1.82, 2.24) is 5.32 Å². The first-order valence-electron chi connectivity index (χ1n) is 6.83. The van der Waals surface area contributed by atoms with E-state index in [-0.39, 0.29) is 6.03 Å². The number of carbonyl (C=O) groups is 1. The number of carbonyl (C=O) groups excluding carboxylic acids is 1. The number of amidine groups is 1. The highest BCUT2D eigenvalue weighted by atomic mass is 16.2. The van der Waals surface area contributed by atoms with Crippen LogP contribution < -0.4 is 16.0 Å². The summed E-state index contributed by atoms with van der Waals surface area (Å²) in [7, 11) is 0. The van der Waals surface area contributed by atoms with Gasteiger partial charge in [0.2, 0.25) is 0 Å². The van der Waals surface area contributed by atoms with E-state index in [1.807, 2.05) is 54.6 Å². The lowest BCUT2D eigenvalue weighted by Crippen LogP contribution is -2.21. The van der Waals surface area contributed by atoms with E-state index in [1.54, 1.807) is 0 Å². The summed E-state index contributed by atoms with van der Waals surface area (Å²) in [5.41, 5.74) is 2.47. The zero-order chi connectivity index (χ0) is 14.5. The second-order valence-corrected chi connectivity index (χ2v) is 4.68. The fourth-order valence-electron chi connectivity index (χ4n) is 2.15. The molecule has 3 rings (SSSR count). The molecule has 2 aromatic rings. The average Bonchev–Trinajstić information content (AvgIpc) is 3.02. The van der Waals surface area contributed by atoms with Gasteiger partial charge in [-0.05, 0) is 24.3 Å². The third-order valence-corrected chi connectivity index (χ3v) is 3.10. The Labute approximate surface area is 123 Å². The van der Waals surface area contributed by atoms with Crippen LogP contribution in [0, 0.1) is 0 Å². The molecule has 106 valence electrons. The topological polar surface area (TPSA) is 65.5 Å². The van der Waals surface area contributed by atoms with E-state index in [0.29, 0.717) is 0 Å². The number of benzene rings is 2. The van der Waals surface area contributed by atoms with Crippen LogP contribution in [0.5, 0.6) is 0 Å². The van der Waals surface area contributed by atoms with Crippen molar-refractivity contribution in [3.63, 3.8) is 0 Å². The number of nitrogens with zero attached hydrogens (tertiary/aromatic N) is 1. The van der Waals surface area contributed by atoms with Crippen molar-refractivity contribution in [2.45, 2.75) is 0 Å². The van der Waals surface area contributed by atoms with Crippen molar-refractivity contribution in [2.75, 3.05) is 23.7 Å². The molecular formula is C16H16N4O. The maximum absolute atomic E-state index is 11.9. The van der Waals surface area contributed by atoms with Crippen molar-refractivity contribution in [2.24, 2.45) is 4.99 Å². The van der Waals surface area contributed by atoms with Gasteiger partial charge in [-0.1, -0.05) is 30.3 Å².